The fourth-order valence-corrected chi connectivity index (χ4v) is 3.49. The number of nitrogens with zero attached hydrogens (tertiary/aromatic N) is 7. The third-order valence-electron chi connectivity index (χ3n) is 5.17. The summed E-state index contributed by atoms with van der Waals surface area (Å²) in [7, 11) is 0. The zero-order chi connectivity index (χ0) is 21.1. The summed E-state index contributed by atoms with van der Waals surface area (Å²) >= 11 is 0. The maximum absolute atomic E-state index is 13.1. The van der Waals surface area contributed by atoms with Gasteiger partial charge < -0.3 is 5.73 Å². The van der Waals surface area contributed by atoms with Crippen molar-refractivity contribution in [2.24, 2.45) is 5.10 Å². The zero-order valence-electron chi connectivity index (χ0n) is 16.9. The number of hydrogen-bond donors (Lipinski definition) is 2. The lowest BCUT2D eigenvalue weighted by atomic mass is 10.1. The number of hydrazone groups is 1. The van der Waals surface area contributed by atoms with Crippen LogP contribution in [0.2, 0.25) is 0 Å². The average Bonchev–Trinajstić information content (AvgIpc) is 3.48. The van der Waals surface area contributed by atoms with Crippen molar-refractivity contribution in [1.82, 2.24) is 35.6 Å². The molecular weight excluding hydrogens is 386 g/mol. The van der Waals surface area contributed by atoms with Gasteiger partial charge in [-0.2, -0.15) is 9.78 Å². The van der Waals surface area contributed by atoms with E-state index in [1.807, 2.05) is 32.0 Å². The Hall–Kier alpha value is -3.60. The van der Waals surface area contributed by atoms with Crippen LogP contribution in [-0.2, 0) is 13.0 Å². The lowest BCUT2D eigenvalue weighted by molar-refractivity contribution is 0.0944. The van der Waals surface area contributed by atoms with Crippen LogP contribution in [0.25, 0.3) is 5.82 Å². The number of aryl methyl sites for hydroxylation is 1. The van der Waals surface area contributed by atoms with E-state index in [0.29, 0.717) is 12.2 Å². The second-order valence-electron chi connectivity index (χ2n) is 6.89. The molecule has 0 radical (unpaired) electrons. The molecule has 0 unspecified atom stereocenters. The van der Waals surface area contributed by atoms with E-state index in [1.54, 1.807) is 0 Å². The fraction of sp³-hybridized carbons (Fsp3) is 0.368. The van der Waals surface area contributed by atoms with E-state index in [9.17, 15) is 4.79 Å². The number of carbonyl (C=O) groups is 1. The van der Waals surface area contributed by atoms with Gasteiger partial charge in [-0.3, -0.25) is 9.69 Å². The number of benzene rings is 1. The molecule has 30 heavy (non-hydrogen) atoms. The summed E-state index contributed by atoms with van der Waals surface area (Å²) in [4.78, 5) is 15.2. The van der Waals surface area contributed by atoms with Crippen LogP contribution in [0.5, 0.6) is 0 Å². The summed E-state index contributed by atoms with van der Waals surface area (Å²) in [5, 5.41) is 19.9. The van der Waals surface area contributed by atoms with Gasteiger partial charge in [0, 0.05) is 12.1 Å². The number of anilines is 1. The SMILES string of the molecule is CCN(CC)Cc1nnn(-c2nonc2N)c1C(=O)NN=C1CCc2ccccc21. The number of amides is 1. The van der Waals surface area contributed by atoms with E-state index < -0.39 is 5.91 Å². The van der Waals surface area contributed by atoms with Crippen LogP contribution in [0.4, 0.5) is 5.82 Å². The molecule has 1 aliphatic carbocycles. The molecule has 0 bridgehead atoms. The lowest BCUT2D eigenvalue weighted by Crippen LogP contribution is -2.27. The predicted molar refractivity (Wildman–Crippen MR) is 109 cm³/mol. The molecule has 0 saturated carbocycles. The molecule has 3 N–H and O–H groups in total. The van der Waals surface area contributed by atoms with Crippen molar-refractivity contribution in [2.75, 3.05) is 18.8 Å². The largest absolute Gasteiger partial charge is 0.378 e. The molecule has 1 aromatic carbocycles. The minimum absolute atomic E-state index is 0.0133. The normalized spacial score (nSPS) is 14.4. The topological polar surface area (TPSA) is 140 Å². The molecule has 4 rings (SSSR count). The van der Waals surface area contributed by atoms with Crippen molar-refractivity contribution < 1.29 is 9.42 Å². The molecular formula is C19H23N9O2. The third kappa shape index (κ3) is 3.66. The summed E-state index contributed by atoms with van der Waals surface area (Å²) in [6, 6.07) is 8.04. The number of nitrogen functional groups attached to an aromatic ring is 1. The van der Waals surface area contributed by atoms with Crippen molar-refractivity contribution in [3.63, 3.8) is 0 Å². The minimum atomic E-state index is -0.457. The number of fused-ring (bicyclic) bond motifs is 1. The summed E-state index contributed by atoms with van der Waals surface area (Å²) < 4.78 is 5.90. The Kier molecular flexibility index (Phi) is 5.53. The highest BCUT2D eigenvalue weighted by Gasteiger charge is 2.26. The molecule has 0 aliphatic heterocycles. The van der Waals surface area contributed by atoms with Gasteiger partial charge in [0.1, 0.15) is 5.69 Å². The van der Waals surface area contributed by atoms with Crippen LogP contribution in [0.1, 0.15) is 47.6 Å². The second-order valence-corrected chi connectivity index (χ2v) is 6.89. The van der Waals surface area contributed by atoms with Crippen LogP contribution in [0, 0.1) is 0 Å². The van der Waals surface area contributed by atoms with E-state index in [1.165, 1.54) is 10.2 Å². The lowest BCUT2D eigenvalue weighted by Gasteiger charge is -2.16. The molecule has 0 atom stereocenters. The molecule has 3 aromatic rings. The summed E-state index contributed by atoms with van der Waals surface area (Å²) in [5.41, 5.74) is 12.3. The van der Waals surface area contributed by atoms with Crippen molar-refractivity contribution >= 4 is 17.4 Å². The number of rotatable bonds is 7. The molecule has 0 saturated heterocycles. The van der Waals surface area contributed by atoms with E-state index in [0.717, 1.165) is 37.2 Å². The van der Waals surface area contributed by atoms with Crippen molar-refractivity contribution in [2.45, 2.75) is 33.2 Å². The van der Waals surface area contributed by atoms with E-state index in [-0.39, 0.29) is 17.3 Å². The quantitative estimate of drug-likeness (QED) is 0.554. The molecule has 11 heteroatoms. The van der Waals surface area contributed by atoms with Gasteiger partial charge in [0.05, 0.1) is 5.71 Å². The number of nitrogens with one attached hydrogen (secondary N) is 1. The van der Waals surface area contributed by atoms with E-state index in [4.69, 9.17) is 5.73 Å². The molecule has 0 fully saturated rings. The highest BCUT2D eigenvalue weighted by molar-refractivity contribution is 6.05. The van der Waals surface area contributed by atoms with Crippen LogP contribution < -0.4 is 11.2 Å². The van der Waals surface area contributed by atoms with Crippen LogP contribution in [0.3, 0.4) is 0 Å². The minimum Gasteiger partial charge on any atom is -0.378 e. The number of aromatic nitrogens is 5. The van der Waals surface area contributed by atoms with E-state index >= 15 is 0 Å². The van der Waals surface area contributed by atoms with E-state index in [2.05, 4.69) is 46.7 Å². The number of hydrogen-bond acceptors (Lipinski definition) is 9. The summed E-state index contributed by atoms with van der Waals surface area (Å²) in [6.07, 6.45) is 1.67. The van der Waals surface area contributed by atoms with Crippen molar-refractivity contribution in [3.05, 3.63) is 46.8 Å². The Morgan fingerprint density at radius 2 is 2.07 bits per heavy atom. The first-order chi connectivity index (χ1) is 14.6. The predicted octanol–water partition coefficient (Wildman–Crippen LogP) is 1.15. The van der Waals surface area contributed by atoms with Crippen molar-refractivity contribution in [1.29, 1.82) is 0 Å². The Morgan fingerprint density at radius 3 is 2.80 bits per heavy atom. The Labute approximate surface area is 172 Å². The average molecular weight is 409 g/mol. The van der Waals surface area contributed by atoms with Gasteiger partial charge in [0.15, 0.2) is 5.69 Å². The zero-order valence-corrected chi connectivity index (χ0v) is 16.9. The first kappa shape index (κ1) is 19.7. The standard InChI is InChI=1S/C19H23N9O2/c1-3-27(4-2)11-15-16(28(26-22-15)18-17(20)24-30-25-18)19(29)23-21-14-10-9-12-7-5-6-8-13(12)14/h5-8H,3-4,9-11H2,1-2H3,(H2,20,24)(H,23,29). The molecule has 2 heterocycles. The van der Waals surface area contributed by atoms with Gasteiger partial charge in [-0.05, 0) is 41.8 Å². The number of nitrogens with two attached hydrogens (primary N) is 1. The molecule has 1 aliphatic rings. The van der Waals surface area contributed by atoms with Crippen LogP contribution >= 0.6 is 0 Å². The van der Waals surface area contributed by atoms with Crippen molar-refractivity contribution in [3.8, 4) is 5.82 Å². The monoisotopic (exact) mass is 409 g/mol. The van der Waals surface area contributed by atoms with Crippen LogP contribution in [-0.4, -0.2) is 54.9 Å². The summed E-state index contributed by atoms with van der Waals surface area (Å²) in [5.74, 6) is -0.335. The highest BCUT2D eigenvalue weighted by Crippen LogP contribution is 2.22. The maximum Gasteiger partial charge on any atom is 0.292 e. The molecule has 2 aromatic heterocycles. The second kappa shape index (κ2) is 8.41. The summed E-state index contributed by atoms with van der Waals surface area (Å²) in [6.45, 7) is 6.13. The Balaban J connectivity index is 1.66. The fourth-order valence-electron chi connectivity index (χ4n) is 3.49. The Morgan fingerprint density at radius 1 is 1.27 bits per heavy atom. The molecule has 1 amide bonds. The van der Waals surface area contributed by atoms with Gasteiger partial charge in [0.2, 0.25) is 11.6 Å². The molecule has 0 spiro atoms. The van der Waals surface area contributed by atoms with Gasteiger partial charge in [0.25, 0.3) is 5.91 Å². The number of carbonyl (C=O) groups excluding carboxylic acids is 1. The smallest absolute Gasteiger partial charge is 0.292 e. The first-order valence-electron chi connectivity index (χ1n) is 9.82. The van der Waals surface area contributed by atoms with Gasteiger partial charge in [-0.25, -0.2) is 10.1 Å². The van der Waals surface area contributed by atoms with Gasteiger partial charge >= 0.3 is 0 Å². The maximum atomic E-state index is 13.1. The Bertz CT molecular complexity index is 1080. The first-order valence-corrected chi connectivity index (χ1v) is 9.82. The molecule has 156 valence electrons. The van der Waals surface area contributed by atoms with Gasteiger partial charge in [-0.1, -0.05) is 43.3 Å². The highest BCUT2D eigenvalue weighted by atomic mass is 16.6. The third-order valence-corrected chi connectivity index (χ3v) is 5.17. The molecule has 11 nitrogen and oxygen atoms in total. The van der Waals surface area contributed by atoms with Gasteiger partial charge in [-0.15, -0.1) is 5.10 Å². The van der Waals surface area contributed by atoms with Crippen LogP contribution in [0.15, 0.2) is 34.0 Å².